The molecular formula is C14H19N3O2. The molecule has 2 rings (SSSR count). The molecule has 0 spiro atoms. The van der Waals surface area contributed by atoms with Gasteiger partial charge in [0.25, 0.3) is 0 Å². The number of hydrogen-bond acceptors (Lipinski definition) is 3. The summed E-state index contributed by atoms with van der Waals surface area (Å²) >= 11 is 0. The van der Waals surface area contributed by atoms with Crippen LogP contribution in [0, 0.1) is 0 Å². The van der Waals surface area contributed by atoms with Crippen molar-refractivity contribution >= 4 is 11.8 Å². The number of carbonyl (C=O) groups is 2. The second-order valence-electron chi connectivity index (χ2n) is 4.83. The number of nitrogens with one attached hydrogen (secondary N) is 2. The van der Waals surface area contributed by atoms with Crippen LogP contribution < -0.4 is 16.4 Å². The van der Waals surface area contributed by atoms with Gasteiger partial charge in [-0.1, -0.05) is 30.3 Å². The lowest BCUT2D eigenvalue weighted by atomic mass is 10.0. The molecule has 1 aromatic carbocycles. The van der Waals surface area contributed by atoms with Gasteiger partial charge in [-0.05, 0) is 12.0 Å². The van der Waals surface area contributed by atoms with E-state index < -0.39 is 0 Å². The SMILES string of the molecule is NC(CC(=O)NCC1CCC(=O)N1)c1ccccc1. The molecule has 0 aromatic heterocycles. The molecule has 19 heavy (non-hydrogen) atoms. The van der Waals surface area contributed by atoms with Gasteiger partial charge in [0.05, 0.1) is 0 Å². The van der Waals surface area contributed by atoms with Crippen LogP contribution in [0.3, 0.4) is 0 Å². The molecule has 1 heterocycles. The summed E-state index contributed by atoms with van der Waals surface area (Å²) in [5.41, 5.74) is 6.92. The largest absolute Gasteiger partial charge is 0.354 e. The molecule has 1 aliphatic rings. The maximum atomic E-state index is 11.8. The first-order chi connectivity index (χ1) is 9.15. The highest BCUT2D eigenvalue weighted by atomic mass is 16.2. The van der Waals surface area contributed by atoms with Crippen LogP contribution in [0.5, 0.6) is 0 Å². The molecule has 0 bridgehead atoms. The van der Waals surface area contributed by atoms with E-state index in [4.69, 9.17) is 5.73 Å². The van der Waals surface area contributed by atoms with Crippen LogP contribution in [0.25, 0.3) is 0 Å². The van der Waals surface area contributed by atoms with Gasteiger partial charge >= 0.3 is 0 Å². The summed E-state index contributed by atoms with van der Waals surface area (Å²) in [5, 5.41) is 5.62. The van der Waals surface area contributed by atoms with Crippen molar-refractivity contribution in [1.82, 2.24) is 10.6 Å². The first-order valence-electron chi connectivity index (χ1n) is 6.52. The normalized spacial score (nSPS) is 19.8. The van der Waals surface area contributed by atoms with Crippen molar-refractivity contribution in [3.05, 3.63) is 35.9 Å². The molecule has 0 saturated carbocycles. The van der Waals surface area contributed by atoms with Crippen LogP contribution in [-0.2, 0) is 9.59 Å². The highest BCUT2D eigenvalue weighted by Crippen LogP contribution is 2.13. The fraction of sp³-hybridized carbons (Fsp3) is 0.429. The maximum Gasteiger partial charge on any atom is 0.221 e. The minimum atomic E-state index is -0.292. The lowest BCUT2D eigenvalue weighted by Crippen LogP contribution is -2.39. The second kappa shape index (κ2) is 6.33. The quantitative estimate of drug-likeness (QED) is 0.720. The van der Waals surface area contributed by atoms with Gasteiger partial charge in [-0.15, -0.1) is 0 Å². The Morgan fingerprint density at radius 1 is 1.42 bits per heavy atom. The summed E-state index contributed by atoms with van der Waals surface area (Å²) in [5.74, 6) is -0.0299. The van der Waals surface area contributed by atoms with E-state index in [1.165, 1.54) is 0 Å². The van der Waals surface area contributed by atoms with E-state index in [0.717, 1.165) is 12.0 Å². The molecule has 1 fully saturated rings. The zero-order chi connectivity index (χ0) is 13.7. The van der Waals surface area contributed by atoms with Gasteiger partial charge in [0.2, 0.25) is 11.8 Å². The zero-order valence-electron chi connectivity index (χ0n) is 10.8. The Kier molecular flexibility index (Phi) is 4.52. The van der Waals surface area contributed by atoms with E-state index >= 15 is 0 Å². The standard InChI is InChI=1S/C14H19N3O2/c15-12(10-4-2-1-3-5-10)8-14(19)16-9-11-6-7-13(18)17-11/h1-5,11-12H,6-9,15H2,(H,16,19)(H,17,18). The Labute approximate surface area is 112 Å². The van der Waals surface area contributed by atoms with Gasteiger partial charge < -0.3 is 16.4 Å². The highest BCUT2D eigenvalue weighted by molar-refractivity contribution is 5.79. The molecule has 0 aliphatic carbocycles. The summed E-state index contributed by atoms with van der Waals surface area (Å²) in [6, 6.07) is 9.31. The summed E-state index contributed by atoms with van der Waals surface area (Å²) < 4.78 is 0. The van der Waals surface area contributed by atoms with Gasteiger partial charge in [0.1, 0.15) is 0 Å². The predicted molar refractivity (Wildman–Crippen MR) is 72.2 cm³/mol. The molecule has 4 N–H and O–H groups in total. The van der Waals surface area contributed by atoms with Gasteiger partial charge in [0.15, 0.2) is 0 Å². The van der Waals surface area contributed by atoms with Gasteiger partial charge in [-0.3, -0.25) is 9.59 Å². The molecule has 1 aliphatic heterocycles. The molecule has 1 saturated heterocycles. The molecular weight excluding hydrogens is 242 g/mol. The van der Waals surface area contributed by atoms with Gasteiger partial charge in [-0.2, -0.15) is 0 Å². The fourth-order valence-corrected chi connectivity index (χ4v) is 2.16. The van der Waals surface area contributed by atoms with Crippen molar-refractivity contribution in [1.29, 1.82) is 0 Å². The average Bonchev–Trinajstić information content (AvgIpc) is 2.83. The Morgan fingerprint density at radius 3 is 2.79 bits per heavy atom. The van der Waals surface area contributed by atoms with E-state index in [1.54, 1.807) is 0 Å². The van der Waals surface area contributed by atoms with Gasteiger partial charge in [-0.25, -0.2) is 0 Å². The molecule has 102 valence electrons. The molecule has 5 nitrogen and oxygen atoms in total. The monoisotopic (exact) mass is 261 g/mol. The fourth-order valence-electron chi connectivity index (χ4n) is 2.16. The minimum Gasteiger partial charge on any atom is -0.354 e. The van der Waals surface area contributed by atoms with E-state index in [0.29, 0.717) is 13.0 Å². The van der Waals surface area contributed by atoms with E-state index in [-0.39, 0.29) is 30.3 Å². The first-order valence-corrected chi connectivity index (χ1v) is 6.52. The molecule has 5 heteroatoms. The van der Waals surface area contributed by atoms with Crippen LogP contribution in [0.4, 0.5) is 0 Å². The van der Waals surface area contributed by atoms with E-state index in [2.05, 4.69) is 10.6 Å². The molecule has 2 atom stereocenters. The Hall–Kier alpha value is -1.88. The Bertz CT molecular complexity index is 447. The van der Waals surface area contributed by atoms with Crippen LogP contribution in [0.2, 0.25) is 0 Å². The van der Waals surface area contributed by atoms with E-state index in [1.807, 2.05) is 30.3 Å². The Morgan fingerprint density at radius 2 is 2.16 bits per heavy atom. The zero-order valence-corrected chi connectivity index (χ0v) is 10.8. The predicted octanol–water partition coefficient (Wildman–Crippen LogP) is 0.471. The van der Waals surface area contributed by atoms with Crippen LogP contribution in [0.15, 0.2) is 30.3 Å². The van der Waals surface area contributed by atoms with Crippen molar-refractivity contribution in [3.63, 3.8) is 0 Å². The third-order valence-corrected chi connectivity index (χ3v) is 3.26. The number of amides is 2. The third-order valence-electron chi connectivity index (χ3n) is 3.26. The van der Waals surface area contributed by atoms with E-state index in [9.17, 15) is 9.59 Å². The maximum absolute atomic E-state index is 11.8. The van der Waals surface area contributed by atoms with Crippen LogP contribution in [0.1, 0.15) is 30.9 Å². The summed E-state index contributed by atoms with van der Waals surface area (Å²) in [6.07, 6.45) is 1.58. The van der Waals surface area contributed by atoms with Crippen molar-refractivity contribution < 1.29 is 9.59 Å². The number of benzene rings is 1. The van der Waals surface area contributed by atoms with Crippen molar-refractivity contribution in [2.45, 2.75) is 31.3 Å². The first kappa shape index (κ1) is 13.5. The van der Waals surface area contributed by atoms with Crippen LogP contribution in [-0.4, -0.2) is 24.4 Å². The molecule has 2 amide bonds. The number of carbonyl (C=O) groups excluding carboxylic acids is 2. The lowest BCUT2D eigenvalue weighted by Gasteiger charge is -2.14. The van der Waals surface area contributed by atoms with Crippen molar-refractivity contribution in [2.75, 3.05) is 6.54 Å². The van der Waals surface area contributed by atoms with Crippen molar-refractivity contribution in [2.24, 2.45) is 5.73 Å². The average molecular weight is 261 g/mol. The minimum absolute atomic E-state index is 0.0558. The molecule has 0 radical (unpaired) electrons. The van der Waals surface area contributed by atoms with Crippen molar-refractivity contribution in [3.8, 4) is 0 Å². The summed E-state index contributed by atoms with van der Waals surface area (Å²) in [4.78, 5) is 22.8. The number of rotatable bonds is 5. The lowest BCUT2D eigenvalue weighted by molar-refractivity contribution is -0.122. The smallest absolute Gasteiger partial charge is 0.221 e. The topological polar surface area (TPSA) is 84.2 Å². The van der Waals surface area contributed by atoms with Crippen LogP contribution >= 0.6 is 0 Å². The highest BCUT2D eigenvalue weighted by Gasteiger charge is 2.21. The Balaban J connectivity index is 1.74. The molecule has 2 unspecified atom stereocenters. The van der Waals surface area contributed by atoms with Gasteiger partial charge in [0, 0.05) is 31.5 Å². The number of hydrogen-bond donors (Lipinski definition) is 3. The summed E-state index contributed by atoms with van der Waals surface area (Å²) in [6.45, 7) is 0.478. The summed E-state index contributed by atoms with van der Waals surface area (Å²) in [7, 11) is 0. The third kappa shape index (κ3) is 4.06. The number of nitrogens with two attached hydrogens (primary N) is 1. The second-order valence-corrected chi connectivity index (χ2v) is 4.83. The molecule has 1 aromatic rings.